The SMILES string of the molecule is CCC(NC(=O)SC)c1cccnc1. The predicted octanol–water partition coefficient (Wildman–Crippen LogP) is 2.61. The standard InChI is InChI=1S/C10H14N2OS/c1-3-9(12-10(13)14-2)8-5-4-6-11-7-8/h4-7,9H,3H2,1-2H3,(H,12,13). The summed E-state index contributed by atoms with van der Waals surface area (Å²) in [4.78, 5) is 15.2. The van der Waals surface area contributed by atoms with Crippen molar-refractivity contribution in [3.05, 3.63) is 30.1 Å². The molecule has 1 unspecified atom stereocenters. The van der Waals surface area contributed by atoms with Crippen molar-refractivity contribution in [2.75, 3.05) is 6.26 Å². The molecule has 1 aromatic heterocycles. The molecule has 1 atom stereocenters. The number of carbonyl (C=O) groups is 1. The van der Waals surface area contributed by atoms with E-state index in [1.807, 2.05) is 19.1 Å². The first-order chi connectivity index (χ1) is 6.77. The van der Waals surface area contributed by atoms with Crippen LogP contribution < -0.4 is 5.32 Å². The molecule has 0 fully saturated rings. The van der Waals surface area contributed by atoms with E-state index in [9.17, 15) is 4.79 Å². The number of hydrogen-bond acceptors (Lipinski definition) is 3. The highest BCUT2D eigenvalue weighted by molar-refractivity contribution is 8.12. The Morgan fingerprint density at radius 2 is 2.50 bits per heavy atom. The smallest absolute Gasteiger partial charge is 0.279 e. The van der Waals surface area contributed by atoms with Crippen LogP contribution in [0.4, 0.5) is 4.79 Å². The van der Waals surface area contributed by atoms with E-state index in [0.29, 0.717) is 0 Å². The lowest BCUT2D eigenvalue weighted by Crippen LogP contribution is -2.24. The Labute approximate surface area is 88.3 Å². The second-order valence-electron chi connectivity index (χ2n) is 2.88. The molecule has 1 aromatic rings. The molecule has 0 aliphatic rings. The Morgan fingerprint density at radius 1 is 1.71 bits per heavy atom. The number of pyridine rings is 1. The topological polar surface area (TPSA) is 42.0 Å². The zero-order valence-electron chi connectivity index (χ0n) is 8.36. The van der Waals surface area contributed by atoms with E-state index in [0.717, 1.165) is 12.0 Å². The Hall–Kier alpha value is -1.03. The van der Waals surface area contributed by atoms with Gasteiger partial charge in [0, 0.05) is 12.4 Å². The van der Waals surface area contributed by atoms with E-state index < -0.39 is 0 Å². The van der Waals surface area contributed by atoms with Crippen LogP contribution in [0.2, 0.25) is 0 Å². The minimum atomic E-state index is 0.000651. The molecule has 4 heteroatoms. The molecule has 1 heterocycles. The molecule has 0 aromatic carbocycles. The zero-order chi connectivity index (χ0) is 10.4. The highest BCUT2D eigenvalue weighted by Crippen LogP contribution is 2.15. The third-order valence-corrected chi connectivity index (χ3v) is 2.46. The van der Waals surface area contributed by atoms with Crippen molar-refractivity contribution < 1.29 is 4.79 Å². The quantitative estimate of drug-likeness (QED) is 0.833. The summed E-state index contributed by atoms with van der Waals surface area (Å²) in [5, 5.41) is 2.92. The Balaban J connectivity index is 2.68. The molecule has 0 bridgehead atoms. The molecule has 1 N–H and O–H groups in total. The third kappa shape index (κ3) is 3.03. The molecular weight excluding hydrogens is 196 g/mol. The van der Waals surface area contributed by atoms with Gasteiger partial charge in [-0.15, -0.1) is 0 Å². The number of thioether (sulfide) groups is 1. The van der Waals surface area contributed by atoms with Crippen LogP contribution in [0.5, 0.6) is 0 Å². The predicted molar refractivity (Wildman–Crippen MR) is 59.3 cm³/mol. The zero-order valence-corrected chi connectivity index (χ0v) is 9.17. The Kier molecular flexibility index (Phi) is 4.46. The fraction of sp³-hybridized carbons (Fsp3) is 0.400. The number of nitrogens with zero attached hydrogens (tertiary/aromatic N) is 1. The van der Waals surface area contributed by atoms with Gasteiger partial charge in [-0.1, -0.05) is 24.8 Å². The van der Waals surface area contributed by atoms with Gasteiger partial charge in [-0.3, -0.25) is 9.78 Å². The van der Waals surface area contributed by atoms with Crippen LogP contribution in [0.25, 0.3) is 0 Å². The summed E-state index contributed by atoms with van der Waals surface area (Å²) >= 11 is 1.19. The summed E-state index contributed by atoms with van der Waals surface area (Å²) in [7, 11) is 0. The van der Waals surface area contributed by atoms with Gasteiger partial charge in [-0.25, -0.2) is 0 Å². The van der Waals surface area contributed by atoms with Gasteiger partial charge in [-0.2, -0.15) is 0 Å². The van der Waals surface area contributed by atoms with E-state index in [4.69, 9.17) is 0 Å². The maximum atomic E-state index is 11.2. The number of nitrogens with one attached hydrogen (secondary N) is 1. The molecule has 1 amide bonds. The van der Waals surface area contributed by atoms with Crippen LogP contribution in [0, 0.1) is 0 Å². The van der Waals surface area contributed by atoms with Gasteiger partial charge in [-0.05, 0) is 24.3 Å². The van der Waals surface area contributed by atoms with E-state index in [1.165, 1.54) is 11.8 Å². The molecule has 0 spiro atoms. The van der Waals surface area contributed by atoms with Crippen LogP contribution in [0.15, 0.2) is 24.5 Å². The summed E-state index contributed by atoms with van der Waals surface area (Å²) < 4.78 is 0. The number of rotatable bonds is 3. The van der Waals surface area contributed by atoms with Crippen LogP contribution >= 0.6 is 11.8 Å². The average Bonchev–Trinajstić information content (AvgIpc) is 2.26. The highest BCUT2D eigenvalue weighted by Gasteiger charge is 2.11. The molecule has 3 nitrogen and oxygen atoms in total. The molecule has 0 saturated heterocycles. The number of amides is 1. The number of aromatic nitrogens is 1. The Morgan fingerprint density at radius 3 is 3.00 bits per heavy atom. The molecule has 76 valence electrons. The summed E-state index contributed by atoms with van der Waals surface area (Å²) in [5.74, 6) is 0. The van der Waals surface area contributed by atoms with Gasteiger partial charge in [0.15, 0.2) is 0 Å². The number of hydrogen-bond donors (Lipinski definition) is 1. The minimum absolute atomic E-state index is 0.000651. The van der Waals surface area contributed by atoms with Gasteiger partial charge >= 0.3 is 0 Å². The van der Waals surface area contributed by atoms with Crippen LogP contribution in [0.1, 0.15) is 24.9 Å². The lowest BCUT2D eigenvalue weighted by Gasteiger charge is -2.15. The molecule has 0 aliphatic heterocycles. The van der Waals surface area contributed by atoms with Crippen molar-refractivity contribution in [2.45, 2.75) is 19.4 Å². The van der Waals surface area contributed by atoms with Crippen molar-refractivity contribution in [1.29, 1.82) is 0 Å². The minimum Gasteiger partial charge on any atom is -0.340 e. The van der Waals surface area contributed by atoms with Crippen LogP contribution in [0.3, 0.4) is 0 Å². The Bertz CT molecular complexity index is 289. The summed E-state index contributed by atoms with van der Waals surface area (Å²) in [6, 6.07) is 3.93. The van der Waals surface area contributed by atoms with Gasteiger partial charge < -0.3 is 5.32 Å². The first kappa shape index (κ1) is 11.0. The van der Waals surface area contributed by atoms with E-state index in [-0.39, 0.29) is 11.3 Å². The van der Waals surface area contributed by atoms with Crippen LogP contribution in [-0.4, -0.2) is 16.5 Å². The third-order valence-electron chi connectivity index (χ3n) is 1.97. The lowest BCUT2D eigenvalue weighted by atomic mass is 10.1. The summed E-state index contributed by atoms with van der Waals surface area (Å²) in [6.45, 7) is 2.04. The maximum absolute atomic E-state index is 11.2. The molecule has 0 saturated carbocycles. The largest absolute Gasteiger partial charge is 0.340 e. The molecule has 0 aliphatic carbocycles. The fourth-order valence-corrected chi connectivity index (χ4v) is 1.46. The molecule has 1 rings (SSSR count). The average molecular weight is 210 g/mol. The summed E-state index contributed by atoms with van der Waals surface area (Å²) in [5.41, 5.74) is 1.05. The highest BCUT2D eigenvalue weighted by atomic mass is 32.2. The van der Waals surface area contributed by atoms with Gasteiger partial charge in [0.05, 0.1) is 6.04 Å². The fourth-order valence-electron chi connectivity index (χ4n) is 1.20. The van der Waals surface area contributed by atoms with Crippen molar-refractivity contribution in [2.24, 2.45) is 0 Å². The molecule has 0 radical (unpaired) electrons. The van der Waals surface area contributed by atoms with Crippen LogP contribution in [-0.2, 0) is 0 Å². The molecule has 14 heavy (non-hydrogen) atoms. The van der Waals surface area contributed by atoms with Crippen molar-refractivity contribution >= 4 is 17.0 Å². The van der Waals surface area contributed by atoms with Gasteiger partial charge in [0.25, 0.3) is 5.24 Å². The van der Waals surface area contributed by atoms with Crippen molar-refractivity contribution in [1.82, 2.24) is 10.3 Å². The van der Waals surface area contributed by atoms with E-state index >= 15 is 0 Å². The summed E-state index contributed by atoms with van der Waals surface area (Å²) in [6.07, 6.45) is 6.16. The molecular formula is C10H14N2OS. The van der Waals surface area contributed by atoms with Gasteiger partial charge in [0.2, 0.25) is 0 Å². The monoisotopic (exact) mass is 210 g/mol. The second kappa shape index (κ2) is 5.65. The lowest BCUT2D eigenvalue weighted by molar-refractivity contribution is 0.257. The normalized spacial score (nSPS) is 12.1. The van der Waals surface area contributed by atoms with E-state index in [1.54, 1.807) is 18.6 Å². The van der Waals surface area contributed by atoms with Crippen molar-refractivity contribution in [3.8, 4) is 0 Å². The van der Waals surface area contributed by atoms with Crippen molar-refractivity contribution in [3.63, 3.8) is 0 Å². The second-order valence-corrected chi connectivity index (χ2v) is 3.66. The maximum Gasteiger partial charge on any atom is 0.279 e. The van der Waals surface area contributed by atoms with Gasteiger partial charge in [0.1, 0.15) is 0 Å². The van der Waals surface area contributed by atoms with E-state index in [2.05, 4.69) is 10.3 Å². The first-order valence-electron chi connectivity index (χ1n) is 4.52. The first-order valence-corrected chi connectivity index (χ1v) is 5.74. The number of carbonyl (C=O) groups excluding carboxylic acids is 1.